The number of carbonyl (C=O) groups is 1. The molecule has 0 rings (SSSR count). The van der Waals surface area contributed by atoms with E-state index in [9.17, 15) is 24.3 Å². The van der Waals surface area contributed by atoms with E-state index in [2.05, 4.69) is 23.7 Å². The highest BCUT2D eigenvalue weighted by Gasteiger charge is 2.25. The van der Waals surface area contributed by atoms with Crippen molar-refractivity contribution in [2.24, 2.45) is 0 Å². The van der Waals surface area contributed by atoms with E-state index in [1.54, 1.807) is 0 Å². The molecule has 0 aromatic rings. The van der Waals surface area contributed by atoms with E-state index in [0.717, 1.165) is 38.5 Å². The van der Waals surface area contributed by atoms with Gasteiger partial charge in [-0.1, -0.05) is 296 Å². The molecule has 0 radical (unpaired) electrons. The second-order valence-electron chi connectivity index (χ2n) is 19.3. The highest BCUT2D eigenvalue weighted by molar-refractivity contribution is 7.46. The predicted molar refractivity (Wildman–Crippen MR) is 264 cm³/mol. The standard InChI is InChI=1S/C53H108NO6P/c1-3-5-7-9-11-13-15-16-17-18-19-20-21-22-23-24-25-26-27-28-29-30-31-32-33-34-35-36-37-39-41-43-45-47-49-53(56)54-51(50-60-61(57,58)59)52(55)48-46-44-42-40-38-14-12-10-8-6-4-2/h51-52,55H,3-50H2,1-2H3,(H,54,56)(H2,57,58,59)/t51-,52+/m0/s1. The van der Waals surface area contributed by atoms with Crippen LogP contribution in [-0.2, 0) is 13.9 Å². The number of phosphoric ester groups is 1. The maximum Gasteiger partial charge on any atom is 0.469 e. The van der Waals surface area contributed by atoms with Gasteiger partial charge in [-0.3, -0.25) is 9.32 Å². The minimum atomic E-state index is -4.69. The Morgan fingerprint density at radius 1 is 0.410 bits per heavy atom. The Morgan fingerprint density at radius 2 is 0.639 bits per heavy atom. The summed E-state index contributed by atoms with van der Waals surface area (Å²) in [6.07, 6.45) is 60.1. The fraction of sp³-hybridized carbons (Fsp3) is 0.981. The maximum absolute atomic E-state index is 12.6. The van der Waals surface area contributed by atoms with Crippen molar-refractivity contribution in [1.29, 1.82) is 0 Å². The van der Waals surface area contributed by atoms with Crippen molar-refractivity contribution in [2.75, 3.05) is 6.61 Å². The first-order chi connectivity index (χ1) is 29.8. The van der Waals surface area contributed by atoms with Crippen molar-refractivity contribution < 1.29 is 28.8 Å². The Kier molecular flexibility index (Phi) is 48.6. The topological polar surface area (TPSA) is 116 Å². The fourth-order valence-electron chi connectivity index (χ4n) is 8.94. The van der Waals surface area contributed by atoms with Crippen LogP contribution >= 0.6 is 7.82 Å². The molecule has 0 aromatic heterocycles. The number of hydrogen-bond acceptors (Lipinski definition) is 4. The molecular weight excluding hydrogens is 778 g/mol. The number of hydrogen-bond donors (Lipinski definition) is 4. The smallest absolute Gasteiger partial charge is 0.391 e. The second kappa shape index (κ2) is 49.0. The molecule has 0 bridgehead atoms. The van der Waals surface area contributed by atoms with Gasteiger partial charge in [0.15, 0.2) is 0 Å². The number of carbonyl (C=O) groups excluding carboxylic acids is 1. The fourth-order valence-corrected chi connectivity index (χ4v) is 9.29. The van der Waals surface area contributed by atoms with Crippen LogP contribution in [0.1, 0.15) is 316 Å². The zero-order chi connectivity index (χ0) is 44.6. The minimum absolute atomic E-state index is 0.187. The van der Waals surface area contributed by atoms with Crippen molar-refractivity contribution in [3.05, 3.63) is 0 Å². The Hall–Kier alpha value is -0.460. The predicted octanol–water partition coefficient (Wildman–Crippen LogP) is 17.3. The van der Waals surface area contributed by atoms with Crippen LogP contribution in [0.5, 0.6) is 0 Å². The van der Waals surface area contributed by atoms with Crippen molar-refractivity contribution in [3.8, 4) is 0 Å². The van der Waals surface area contributed by atoms with Crippen molar-refractivity contribution in [2.45, 2.75) is 328 Å². The average molecular weight is 886 g/mol. The summed E-state index contributed by atoms with van der Waals surface area (Å²) in [6, 6.07) is -0.818. The Balaban J connectivity index is 3.56. The second-order valence-corrected chi connectivity index (χ2v) is 20.5. The third kappa shape index (κ3) is 50.4. The van der Waals surface area contributed by atoms with Crippen molar-refractivity contribution in [3.63, 3.8) is 0 Å². The number of aliphatic hydroxyl groups is 1. The molecule has 61 heavy (non-hydrogen) atoms. The van der Waals surface area contributed by atoms with E-state index in [-0.39, 0.29) is 5.91 Å². The highest BCUT2D eigenvalue weighted by Crippen LogP contribution is 2.36. The summed E-state index contributed by atoms with van der Waals surface area (Å²) < 4.78 is 16.0. The molecule has 0 fully saturated rings. The molecule has 0 unspecified atom stereocenters. The molecular formula is C53H108NO6P. The number of aliphatic hydroxyl groups excluding tert-OH is 1. The Morgan fingerprint density at radius 3 is 0.885 bits per heavy atom. The summed E-state index contributed by atoms with van der Waals surface area (Å²) in [6.45, 7) is 4.15. The van der Waals surface area contributed by atoms with Gasteiger partial charge in [0.25, 0.3) is 0 Å². The Labute approximate surface area is 380 Å². The molecule has 0 saturated heterocycles. The first-order valence-electron chi connectivity index (χ1n) is 27.5. The van der Waals surface area contributed by atoms with Crippen LogP contribution in [0.25, 0.3) is 0 Å². The molecule has 8 heteroatoms. The molecule has 0 aliphatic carbocycles. The number of unbranched alkanes of at least 4 members (excludes halogenated alkanes) is 43. The van der Waals surface area contributed by atoms with E-state index in [0.29, 0.717) is 12.8 Å². The molecule has 366 valence electrons. The quantitative estimate of drug-likeness (QED) is 0.0357. The molecule has 4 N–H and O–H groups in total. The zero-order valence-electron chi connectivity index (χ0n) is 41.1. The van der Waals surface area contributed by atoms with Gasteiger partial charge >= 0.3 is 7.82 Å². The van der Waals surface area contributed by atoms with E-state index in [1.807, 2.05) is 0 Å². The van der Waals surface area contributed by atoms with Gasteiger partial charge in [0.1, 0.15) is 0 Å². The van der Waals surface area contributed by atoms with Gasteiger partial charge in [-0.05, 0) is 12.8 Å². The van der Waals surface area contributed by atoms with Gasteiger partial charge in [-0.25, -0.2) is 4.57 Å². The summed E-state index contributed by atoms with van der Waals surface area (Å²) >= 11 is 0. The van der Waals surface area contributed by atoms with Crippen LogP contribution in [-0.4, -0.2) is 39.6 Å². The lowest BCUT2D eigenvalue weighted by atomic mass is 10.0. The lowest BCUT2D eigenvalue weighted by Crippen LogP contribution is -2.46. The van der Waals surface area contributed by atoms with Crippen molar-refractivity contribution >= 4 is 13.7 Å². The molecule has 2 atom stereocenters. The minimum Gasteiger partial charge on any atom is -0.391 e. The molecule has 0 heterocycles. The molecule has 0 spiro atoms. The third-order valence-corrected chi connectivity index (χ3v) is 13.6. The molecule has 0 saturated carbocycles. The maximum atomic E-state index is 12.6. The van der Waals surface area contributed by atoms with Gasteiger partial charge in [0.05, 0.1) is 18.8 Å². The number of amides is 1. The van der Waals surface area contributed by atoms with Gasteiger partial charge in [-0.15, -0.1) is 0 Å². The lowest BCUT2D eigenvalue weighted by Gasteiger charge is -2.24. The normalized spacial score (nSPS) is 12.9. The van der Waals surface area contributed by atoms with Crippen LogP contribution in [0, 0.1) is 0 Å². The summed E-state index contributed by atoms with van der Waals surface area (Å²) in [5, 5.41) is 13.5. The molecule has 0 aliphatic heterocycles. The summed E-state index contributed by atoms with van der Waals surface area (Å²) in [7, 11) is -4.69. The van der Waals surface area contributed by atoms with Gasteiger partial charge in [0, 0.05) is 6.42 Å². The van der Waals surface area contributed by atoms with Gasteiger partial charge in [-0.2, -0.15) is 0 Å². The SMILES string of the molecule is CCCCCCCCCCCCCCCCCCCCCCCCCCCCCCCCCCCCC(=O)N[C@@H](COP(=O)(O)O)[C@H](O)CCCCCCCCCCCCC. The van der Waals surface area contributed by atoms with E-state index in [4.69, 9.17) is 0 Å². The first-order valence-corrected chi connectivity index (χ1v) is 29.0. The average Bonchev–Trinajstić information content (AvgIpc) is 3.24. The third-order valence-electron chi connectivity index (χ3n) is 13.1. The summed E-state index contributed by atoms with van der Waals surface area (Å²) in [5.41, 5.74) is 0. The van der Waals surface area contributed by atoms with Crippen LogP contribution in [0.3, 0.4) is 0 Å². The number of phosphoric acid groups is 1. The monoisotopic (exact) mass is 886 g/mol. The largest absolute Gasteiger partial charge is 0.469 e. The zero-order valence-corrected chi connectivity index (χ0v) is 42.0. The molecule has 0 aliphatic rings. The summed E-state index contributed by atoms with van der Waals surface area (Å²) in [5.74, 6) is -0.187. The van der Waals surface area contributed by atoms with Crippen LogP contribution in [0.15, 0.2) is 0 Å². The first kappa shape index (κ1) is 60.5. The van der Waals surface area contributed by atoms with Gasteiger partial charge < -0.3 is 20.2 Å². The van der Waals surface area contributed by atoms with Crippen molar-refractivity contribution in [1.82, 2.24) is 5.32 Å². The molecule has 1 amide bonds. The summed E-state index contributed by atoms with van der Waals surface area (Å²) in [4.78, 5) is 31.0. The molecule has 0 aromatic carbocycles. The van der Waals surface area contributed by atoms with E-state index < -0.39 is 26.6 Å². The number of nitrogens with one attached hydrogen (secondary N) is 1. The van der Waals surface area contributed by atoms with Crippen LogP contribution in [0.2, 0.25) is 0 Å². The van der Waals surface area contributed by atoms with Gasteiger partial charge in [0.2, 0.25) is 5.91 Å². The lowest BCUT2D eigenvalue weighted by molar-refractivity contribution is -0.123. The Bertz CT molecular complexity index is 915. The van der Waals surface area contributed by atoms with Crippen LogP contribution < -0.4 is 5.32 Å². The van der Waals surface area contributed by atoms with E-state index >= 15 is 0 Å². The molecule has 7 nitrogen and oxygen atoms in total. The van der Waals surface area contributed by atoms with Crippen LogP contribution in [0.4, 0.5) is 0 Å². The highest BCUT2D eigenvalue weighted by atomic mass is 31.2. The van der Waals surface area contributed by atoms with E-state index in [1.165, 1.54) is 250 Å². The number of rotatable bonds is 52.